The molecular weight excluding hydrogens is 400 g/mol. The lowest BCUT2D eigenvalue weighted by Crippen LogP contribution is -2.28. The molecule has 0 bridgehead atoms. The molecule has 0 spiro atoms. The molecule has 0 aliphatic rings. The van der Waals surface area contributed by atoms with E-state index in [1.165, 1.54) is 44.1 Å². The van der Waals surface area contributed by atoms with Crippen LogP contribution < -0.4 is 0 Å². The molecule has 3 heteroatoms. The summed E-state index contributed by atoms with van der Waals surface area (Å²) < 4.78 is 26.3. The van der Waals surface area contributed by atoms with Gasteiger partial charge in [-0.1, -0.05) is 121 Å². The van der Waals surface area contributed by atoms with Gasteiger partial charge in [0.15, 0.2) is 9.84 Å². The van der Waals surface area contributed by atoms with Crippen LogP contribution in [0.1, 0.15) is 84.1 Å². The average molecular weight is 443 g/mol. The van der Waals surface area contributed by atoms with Gasteiger partial charge in [0, 0.05) is 0 Å². The molecule has 0 saturated heterocycles. The molecular formula is C28H42O2S. The highest BCUT2D eigenvalue weighted by molar-refractivity contribution is 7.92. The first-order valence-electron chi connectivity index (χ1n) is 12.3. The Morgan fingerprint density at radius 2 is 1.23 bits per heavy atom. The van der Waals surface area contributed by atoms with Crippen LogP contribution in [0.3, 0.4) is 0 Å². The average Bonchev–Trinajstić information content (AvgIpc) is 2.78. The highest BCUT2D eigenvalue weighted by Crippen LogP contribution is 2.28. The quantitative estimate of drug-likeness (QED) is 0.263. The van der Waals surface area contributed by atoms with E-state index in [0.29, 0.717) is 4.90 Å². The zero-order valence-electron chi connectivity index (χ0n) is 19.8. The Morgan fingerprint density at radius 3 is 1.81 bits per heavy atom. The van der Waals surface area contributed by atoms with Crippen molar-refractivity contribution in [3.8, 4) is 0 Å². The predicted octanol–water partition coefficient (Wildman–Crippen LogP) is 7.87. The van der Waals surface area contributed by atoms with Crippen LogP contribution >= 0.6 is 0 Å². The molecule has 0 amide bonds. The molecule has 0 fully saturated rings. The Bertz CT molecular complexity index is 815. The fourth-order valence-electron chi connectivity index (χ4n) is 4.46. The topological polar surface area (TPSA) is 34.1 Å². The summed E-state index contributed by atoms with van der Waals surface area (Å²) in [5.41, 5.74) is 1.44. The number of unbranched alkanes of at least 4 members (excludes halogenated alkanes) is 5. The van der Waals surface area contributed by atoms with Crippen molar-refractivity contribution in [1.29, 1.82) is 0 Å². The second-order valence-corrected chi connectivity index (χ2v) is 11.4. The van der Waals surface area contributed by atoms with Crippen LogP contribution in [-0.4, -0.2) is 13.7 Å². The van der Waals surface area contributed by atoms with Gasteiger partial charge in [-0.15, -0.1) is 0 Å². The second-order valence-electron chi connectivity index (χ2n) is 9.28. The van der Waals surface area contributed by atoms with E-state index < -0.39 is 9.84 Å². The number of benzene rings is 2. The number of sulfone groups is 1. The third-order valence-corrected chi connectivity index (χ3v) is 9.04. The molecule has 0 radical (unpaired) electrons. The minimum Gasteiger partial charge on any atom is -0.223 e. The molecule has 172 valence electrons. The zero-order valence-corrected chi connectivity index (χ0v) is 20.6. The molecule has 0 aliphatic carbocycles. The first kappa shape index (κ1) is 25.6. The standard InChI is InChI=1S/C28H42O2S/c1-4-25(3)28(31(29,30)27-20-14-10-15-21-27)22-16-8-6-5-7-11-17-24(2)23-26-18-12-9-13-19-26/h9-10,12-15,18-21,24-25,28H,4-8,11,16-17,22-23H2,1-3H3/t24-,25+,28?/m0/s1. The number of hydrogen-bond donors (Lipinski definition) is 0. The second kappa shape index (κ2) is 13.7. The van der Waals surface area contributed by atoms with Crippen molar-refractivity contribution < 1.29 is 8.42 Å². The summed E-state index contributed by atoms with van der Waals surface area (Å²) in [6.45, 7) is 6.54. The molecule has 1 unspecified atom stereocenters. The lowest BCUT2D eigenvalue weighted by atomic mass is 9.95. The van der Waals surface area contributed by atoms with Crippen molar-refractivity contribution in [3.05, 3.63) is 66.2 Å². The Balaban J connectivity index is 1.65. The van der Waals surface area contributed by atoms with Gasteiger partial charge in [0.05, 0.1) is 10.1 Å². The van der Waals surface area contributed by atoms with Crippen molar-refractivity contribution in [1.82, 2.24) is 0 Å². The summed E-state index contributed by atoms with van der Waals surface area (Å²) in [6, 6.07) is 19.8. The van der Waals surface area contributed by atoms with Gasteiger partial charge in [-0.2, -0.15) is 0 Å². The minimum atomic E-state index is -3.25. The van der Waals surface area contributed by atoms with E-state index in [1.807, 2.05) is 18.2 Å². The Labute approximate surface area is 191 Å². The summed E-state index contributed by atoms with van der Waals surface area (Å²) in [5.74, 6) is 0.929. The van der Waals surface area contributed by atoms with E-state index in [0.717, 1.165) is 31.6 Å². The van der Waals surface area contributed by atoms with Gasteiger partial charge in [-0.3, -0.25) is 0 Å². The molecule has 0 N–H and O–H groups in total. The fourth-order valence-corrected chi connectivity index (χ4v) is 6.62. The predicted molar refractivity (Wildman–Crippen MR) is 133 cm³/mol. The van der Waals surface area contributed by atoms with Crippen LogP contribution in [0.2, 0.25) is 0 Å². The van der Waals surface area contributed by atoms with E-state index >= 15 is 0 Å². The van der Waals surface area contributed by atoms with Gasteiger partial charge in [-0.25, -0.2) is 8.42 Å². The van der Waals surface area contributed by atoms with Gasteiger partial charge in [0.25, 0.3) is 0 Å². The monoisotopic (exact) mass is 442 g/mol. The molecule has 0 heterocycles. The maximum absolute atomic E-state index is 13.1. The van der Waals surface area contributed by atoms with Crippen LogP contribution in [0, 0.1) is 11.8 Å². The highest BCUT2D eigenvalue weighted by atomic mass is 32.2. The summed E-state index contributed by atoms with van der Waals surface area (Å²) in [5, 5.41) is -0.265. The molecule has 2 aromatic rings. The summed E-state index contributed by atoms with van der Waals surface area (Å²) in [4.78, 5) is 0.477. The lowest BCUT2D eigenvalue weighted by molar-refractivity contribution is 0.450. The molecule has 0 aliphatic heterocycles. The largest absolute Gasteiger partial charge is 0.223 e. The van der Waals surface area contributed by atoms with Crippen LogP contribution in [0.15, 0.2) is 65.6 Å². The molecule has 3 atom stereocenters. The Hall–Kier alpha value is -1.61. The fraction of sp³-hybridized carbons (Fsp3) is 0.571. The highest BCUT2D eigenvalue weighted by Gasteiger charge is 2.30. The van der Waals surface area contributed by atoms with Gasteiger partial charge >= 0.3 is 0 Å². The van der Waals surface area contributed by atoms with Crippen molar-refractivity contribution in [2.24, 2.45) is 11.8 Å². The summed E-state index contributed by atoms with van der Waals surface area (Å²) in [6.07, 6.45) is 11.3. The van der Waals surface area contributed by atoms with Gasteiger partial charge in [0.1, 0.15) is 0 Å². The Kier molecular flexibility index (Phi) is 11.4. The number of hydrogen-bond acceptors (Lipinski definition) is 2. The SMILES string of the molecule is CC[C@@H](C)C(CCCCCCCC[C@H](C)Cc1ccccc1)S(=O)(=O)c1ccccc1. The first-order chi connectivity index (χ1) is 14.9. The molecule has 2 rings (SSSR count). The van der Waals surface area contributed by atoms with Gasteiger partial charge in [0.2, 0.25) is 0 Å². The normalized spacial score (nSPS) is 14.8. The van der Waals surface area contributed by atoms with Crippen LogP contribution in [0.25, 0.3) is 0 Å². The molecule has 0 aromatic heterocycles. The summed E-state index contributed by atoms with van der Waals surface area (Å²) >= 11 is 0. The number of rotatable bonds is 15. The molecule has 0 saturated carbocycles. The molecule has 2 aromatic carbocycles. The third kappa shape index (κ3) is 8.80. The first-order valence-corrected chi connectivity index (χ1v) is 13.8. The lowest BCUT2D eigenvalue weighted by Gasteiger charge is -2.23. The van der Waals surface area contributed by atoms with E-state index in [1.54, 1.807) is 12.1 Å². The van der Waals surface area contributed by atoms with Crippen molar-refractivity contribution >= 4 is 9.84 Å². The van der Waals surface area contributed by atoms with Crippen molar-refractivity contribution in [2.75, 3.05) is 0 Å². The van der Waals surface area contributed by atoms with Gasteiger partial charge < -0.3 is 0 Å². The van der Waals surface area contributed by atoms with Crippen molar-refractivity contribution in [2.45, 2.75) is 95.1 Å². The van der Waals surface area contributed by atoms with Crippen LogP contribution in [-0.2, 0) is 16.3 Å². The van der Waals surface area contributed by atoms with Crippen molar-refractivity contribution in [3.63, 3.8) is 0 Å². The summed E-state index contributed by atoms with van der Waals surface area (Å²) in [7, 11) is -3.25. The zero-order chi connectivity index (χ0) is 22.5. The van der Waals surface area contributed by atoms with E-state index in [-0.39, 0.29) is 11.2 Å². The maximum Gasteiger partial charge on any atom is 0.181 e. The van der Waals surface area contributed by atoms with E-state index in [2.05, 4.69) is 51.1 Å². The Morgan fingerprint density at radius 1 is 0.710 bits per heavy atom. The van der Waals surface area contributed by atoms with Crippen LogP contribution in [0.5, 0.6) is 0 Å². The van der Waals surface area contributed by atoms with Gasteiger partial charge in [-0.05, 0) is 42.4 Å². The van der Waals surface area contributed by atoms with E-state index in [9.17, 15) is 8.42 Å². The van der Waals surface area contributed by atoms with E-state index in [4.69, 9.17) is 0 Å². The molecule has 2 nitrogen and oxygen atoms in total. The smallest absolute Gasteiger partial charge is 0.181 e. The minimum absolute atomic E-state index is 0.191. The third-order valence-electron chi connectivity index (χ3n) is 6.61. The van der Waals surface area contributed by atoms with Crippen LogP contribution in [0.4, 0.5) is 0 Å². The maximum atomic E-state index is 13.1. The molecule has 31 heavy (non-hydrogen) atoms.